The summed E-state index contributed by atoms with van der Waals surface area (Å²) in [6, 6.07) is 18.5. The molecule has 0 spiro atoms. The van der Waals surface area contributed by atoms with Gasteiger partial charge in [0.15, 0.2) is 6.61 Å². The van der Waals surface area contributed by atoms with Gasteiger partial charge in [0.25, 0.3) is 17.8 Å². The molecule has 2 aliphatic heterocycles. The van der Waals surface area contributed by atoms with Crippen LogP contribution < -0.4 is 20.1 Å². The molecule has 0 aromatic heterocycles. The van der Waals surface area contributed by atoms with Gasteiger partial charge < -0.3 is 38.8 Å². The molecule has 2 N–H and O–H groups in total. The number of nitrogens with one attached hydrogen (secondary N) is 2. The Hall–Kier alpha value is -7.13. The highest BCUT2D eigenvalue weighted by molar-refractivity contribution is 6.33. The first kappa shape index (κ1) is 69.4. The number of benzene rings is 4. The van der Waals surface area contributed by atoms with Gasteiger partial charge in [-0.1, -0.05) is 96.8 Å². The smallest absolute Gasteiger partial charge is 0.337 e. The second-order valence-corrected chi connectivity index (χ2v) is 21.6. The first-order valence-electron chi connectivity index (χ1n) is 30.0. The molecule has 1 aliphatic carbocycles. The molecule has 14 nitrogen and oxygen atoms in total. The maximum Gasteiger partial charge on any atom is 0.337 e. The molecular formula is C68H92ClFN4O10. The first-order chi connectivity index (χ1) is 40.2. The molecule has 2 atom stereocenters. The lowest BCUT2D eigenvalue weighted by Crippen LogP contribution is -2.52. The molecule has 1 saturated carbocycles. The van der Waals surface area contributed by atoms with E-state index in [1.54, 1.807) is 43.0 Å². The van der Waals surface area contributed by atoms with Gasteiger partial charge in [0, 0.05) is 83.0 Å². The van der Waals surface area contributed by atoms with Crippen LogP contribution in [0.25, 0.3) is 21.9 Å². The number of allylic oxidation sites excluding steroid dienone is 5. The minimum absolute atomic E-state index is 0.0664. The zero-order valence-corrected chi connectivity index (χ0v) is 53.1. The van der Waals surface area contributed by atoms with Gasteiger partial charge in [0.05, 0.1) is 19.3 Å². The third-order valence-electron chi connectivity index (χ3n) is 14.4. The Labute approximate surface area is 504 Å². The van der Waals surface area contributed by atoms with Crippen LogP contribution in [0.4, 0.5) is 4.39 Å². The number of ether oxygens (including phenoxy) is 5. The Kier molecular flexibility index (Phi) is 28.6. The molecule has 4 aromatic carbocycles. The Balaban J connectivity index is 0.000000365. The van der Waals surface area contributed by atoms with E-state index in [1.165, 1.54) is 29.9 Å². The van der Waals surface area contributed by atoms with Crippen molar-refractivity contribution in [3.05, 3.63) is 140 Å². The second kappa shape index (κ2) is 34.6. The lowest BCUT2D eigenvalue weighted by molar-refractivity contribution is -0.174. The van der Waals surface area contributed by atoms with E-state index in [0.717, 1.165) is 87.6 Å². The number of halogens is 2. The number of piperidine rings is 1. The molecule has 84 heavy (non-hydrogen) atoms. The fraction of sp³-hybridized carbons (Fsp3) is 0.485. The molecule has 1 saturated heterocycles. The topological polar surface area (TPSA) is 162 Å². The molecule has 16 heteroatoms. The van der Waals surface area contributed by atoms with Gasteiger partial charge in [-0.2, -0.15) is 0 Å². The van der Waals surface area contributed by atoms with E-state index in [0.29, 0.717) is 78.1 Å². The summed E-state index contributed by atoms with van der Waals surface area (Å²) < 4.78 is 43.6. The van der Waals surface area contributed by atoms with Gasteiger partial charge in [-0.05, 0) is 163 Å². The van der Waals surface area contributed by atoms with Crippen LogP contribution in [0.5, 0.6) is 11.5 Å². The van der Waals surface area contributed by atoms with Crippen molar-refractivity contribution in [2.75, 3.05) is 33.4 Å². The fourth-order valence-corrected chi connectivity index (χ4v) is 10.1. The number of amides is 4. The lowest BCUT2D eigenvalue weighted by atomic mass is 9.86. The predicted molar refractivity (Wildman–Crippen MR) is 335 cm³/mol. The molecule has 3 aliphatic rings. The summed E-state index contributed by atoms with van der Waals surface area (Å²) in [4.78, 5) is 65.9. The fourth-order valence-electron chi connectivity index (χ4n) is 9.79. The molecule has 0 bridgehead atoms. The minimum atomic E-state index is -0.858. The number of unbranched alkanes of at least 4 members (excludes halogenated alkanes) is 1. The largest absolute Gasteiger partial charge is 0.493 e. The highest BCUT2D eigenvalue weighted by Gasteiger charge is 2.40. The van der Waals surface area contributed by atoms with Crippen molar-refractivity contribution < 1.29 is 52.0 Å². The monoisotopic (exact) mass is 1180 g/mol. The van der Waals surface area contributed by atoms with Crippen LogP contribution in [0.2, 0.25) is 5.02 Å². The van der Waals surface area contributed by atoms with Crippen molar-refractivity contribution in [1.82, 2.24) is 20.4 Å². The Morgan fingerprint density at radius 1 is 0.857 bits per heavy atom. The van der Waals surface area contributed by atoms with Crippen molar-refractivity contribution >= 4 is 63.1 Å². The second-order valence-electron chi connectivity index (χ2n) is 21.2. The number of carbonyl (C=O) groups is 5. The first-order valence-corrected chi connectivity index (χ1v) is 30.4. The van der Waals surface area contributed by atoms with E-state index >= 15 is 0 Å². The normalized spacial score (nSPS) is 15.2. The van der Waals surface area contributed by atoms with Crippen LogP contribution >= 0.6 is 11.6 Å². The Bertz CT molecular complexity index is 3020. The van der Waals surface area contributed by atoms with E-state index in [9.17, 15) is 28.4 Å². The number of carbonyl (C=O) groups excluding carboxylic acids is 5. The SMILES string of the molecule is C=C(C)/C(=C(/C)NC)c1c(Cl)ccc(/C(CCCOc2cccc3cc(F)ccc23)=C(\C)C(=O)OC(C)OC(OC(C)C)=C2CCC2)c1C.CC.CCCC.CCCN(CCC)C(=O)COc1cccc2c1CN(C1CCC(=O)NC1=O)C2=O. The molecule has 2 heterocycles. The number of hydrogen-bond acceptors (Lipinski definition) is 11. The quantitative estimate of drug-likeness (QED) is 0.0131. The zero-order chi connectivity index (χ0) is 62.2. The zero-order valence-electron chi connectivity index (χ0n) is 52.3. The molecule has 4 aromatic rings. The highest BCUT2D eigenvalue weighted by Crippen LogP contribution is 2.40. The lowest BCUT2D eigenvalue weighted by Gasteiger charge is -2.29. The van der Waals surface area contributed by atoms with Gasteiger partial charge >= 0.3 is 5.97 Å². The van der Waals surface area contributed by atoms with Gasteiger partial charge in [0.2, 0.25) is 18.1 Å². The van der Waals surface area contributed by atoms with Crippen molar-refractivity contribution in [2.24, 2.45) is 0 Å². The van der Waals surface area contributed by atoms with Crippen LogP contribution in [-0.2, 0) is 39.9 Å². The van der Waals surface area contributed by atoms with Crippen LogP contribution in [0, 0.1) is 12.7 Å². The summed E-state index contributed by atoms with van der Waals surface area (Å²) >= 11 is 6.85. The highest BCUT2D eigenvalue weighted by atomic mass is 35.5. The van der Waals surface area contributed by atoms with Crippen LogP contribution in [0.1, 0.15) is 186 Å². The molecule has 7 rings (SSSR count). The van der Waals surface area contributed by atoms with E-state index in [2.05, 4.69) is 31.1 Å². The molecule has 0 radical (unpaired) electrons. The van der Waals surface area contributed by atoms with Crippen molar-refractivity contribution in [2.45, 2.75) is 186 Å². The maximum atomic E-state index is 13.8. The number of nitrogens with zero attached hydrogens (tertiary/aromatic N) is 2. The number of rotatable bonds is 24. The average molecular weight is 1180 g/mol. The van der Waals surface area contributed by atoms with Crippen molar-refractivity contribution in [3.8, 4) is 11.5 Å². The van der Waals surface area contributed by atoms with Crippen LogP contribution in [-0.4, -0.2) is 91.2 Å². The maximum absolute atomic E-state index is 13.8. The summed E-state index contributed by atoms with van der Waals surface area (Å²) in [5.41, 5.74) is 8.90. The third kappa shape index (κ3) is 18.9. The third-order valence-corrected chi connectivity index (χ3v) is 14.7. The Morgan fingerprint density at radius 2 is 1.52 bits per heavy atom. The molecule has 458 valence electrons. The summed E-state index contributed by atoms with van der Waals surface area (Å²) in [6.45, 7) is 31.8. The van der Waals surface area contributed by atoms with E-state index in [1.807, 2.05) is 99.7 Å². The summed E-state index contributed by atoms with van der Waals surface area (Å²) in [5, 5.41) is 7.72. The molecule has 4 amide bonds. The van der Waals surface area contributed by atoms with E-state index < -0.39 is 24.2 Å². The average Bonchev–Trinajstić information content (AvgIpc) is 3.71. The molecule has 2 unspecified atom stereocenters. The van der Waals surface area contributed by atoms with Crippen LogP contribution in [0.3, 0.4) is 0 Å². The van der Waals surface area contributed by atoms with Gasteiger partial charge in [0.1, 0.15) is 23.4 Å². The van der Waals surface area contributed by atoms with E-state index in [-0.39, 0.29) is 49.2 Å². The molecular weight excluding hydrogens is 1090 g/mol. The summed E-state index contributed by atoms with van der Waals surface area (Å²) in [7, 11) is 1.87. The Morgan fingerprint density at radius 3 is 2.12 bits per heavy atom. The van der Waals surface area contributed by atoms with Gasteiger partial charge in [-0.15, -0.1) is 0 Å². The summed E-state index contributed by atoms with van der Waals surface area (Å²) in [6.07, 6.45) is 8.00. The summed E-state index contributed by atoms with van der Waals surface area (Å²) in [5.74, 6) is -0.286. The number of hydrogen-bond donors (Lipinski definition) is 2. The minimum Gasteiger partial charge on any atom is -0.493 e. The van der Waals surface area contributed by atoms with Gasteiger partial charge in [-0.25, -0.2) is 9.18 Å². The standard InChI is InChI=1S/C41H49ClFNO5.C21H27N3O5.C4H10.C2H6/c1-24(2)38(28(7)44-9)39-26(5)34(20-21-36(39)42)33(16-12-22-46-37-17-11-15-31-23-32(43)18-19-35(31)37)27(6)40(45)48-29(8)49-41(47-25(3)4)30-13-10-14-30;1-3-10-23(11-4-2)19(26)13-29-17-7-5-6-14-15(17)12-24(21(14)28)16-8-9-18(25)22-20(16)27;1-3-4-2;1-2/h11,15,17-21,23,25,29,44H,1,10,12-14,16,22H2,2-9H3;5-7,16H,3-4,8-13H2,1-2H3,(H,22,25,27);3-4H2,1-2H3;1-2H3/b33-27+,38-28+;;;. The number of fused-ring (bicyclic) bond motifs is 2. The number of imide groups is 1. The van der Waals surface area contributed by atoms with Crippen molar-refractivity contribution in [3.63, 3.8) is 0 Å². The molecule has 2 fully saturated rings. The predicted octanol–water partition coefficient (Wildman–Crippen LogP) is 15.1. The van der Waals surface area contributed by atoms with E-state index in [4.69, 9.17) is 35.3 Å². The van der Waals surface area contributed by atoms with Crippen molar-refractivity contribution in [1.29, 1.82) is 0 Å². The number of esters is 1. The van der Waals surface area contributed by atoms with Crippen LogP contribution in [0.15, 0.2) is 102 Å². The van der Waals surface area contributed by atoms with Gasteiger partial charge in [-0.3, -0.25) is 24.5 Å².